The lowest BCUT2D eigenvalue weighted by Gasteiger charge is -2.35. The lowest BCUT2D eigenvalue weighted by atomic mass is 9.94. The lowest BCUT2D eigenvalue weighted by molar-refractivity contribution is 0.0651. The maximum Gasteiger partial charge on any atom is 0.275 e. The van der Waals surface area contributed by atoms with Gasteiger partial charge < -0.3 is 14.4 Å². The highest BCUT2D eigenvalue weighted by Crippen LogP contribution is 2.35. The van der Waals surface area contributed by atoms with Gasteiger partial charge in [-0.2, -0.15) is 5.10 Å². The molecule has 0 aliphatic carbocycles. The number of benzene rings is 1. The molecule has 1 atom stereocenters. The molecular formula is C19H19ClN4O3. The van der Waals surface area contributed by atoms with E-state index in [0.29, 0.717) is 34.4 Å². The Kier molecular flexibility index (Phi) is 4.39. The quantitative estimate of drug-likeness (QED) is 0.692. The van der Waals surface area contributed by atoms with Gasteiger partial charge in [-0.3, -0.25) is 4.79 Å². The standard InChI is InChI=1S/C19H19ClN4O3/c1-11-4-12-5-16(26-2)17(27-3)6-13(12)9-23(11)19(25)15-7-18-21-8-14(20)10-24(18)22-15/h5-8,10-11H,4,9H2,1-3H3. The Hall–Kier alpha value is -2.80. The molecule has 0 fully saturated rings. The molecule has 1 aromatic carbocycles. The summed E-state index contributed by atoms with van der Waals surface area (Å²) in [5, 5.41) is 4.80. The van der Waals surface area contributed by atoms with Crippen LogP contribution in [-0.4, -0.2) is 45.7 Å². The minimum Gasteiger partial charge on any atom is -0.493 e. The summed E-state index contributed by atoms with van der Waals surface area (Å²) in [5.41, 5.74) is 3.14. The van der Waals surface area contributed by atoms with Gasteiger partial charge in [0.2, 0.25) is 0 Å². The van der Waals surface area contributed by atoms with E-state index in [-0.39, 0.29) is 11.9 Å². The van der Waals surface area contributed by atoms with E-state index < -0.39 is 0 Å². The van der Waals surface area contributed by atoms with E-state index in [1.165, 1.54) is 10.7 Å². The van der Waals surface area contributed by atoms with Crippen LogP contribution in [0, 0.1) is 0 Å². The summed E-state index contributed by atoms with van der Waals surface area (Å²) < 4.78 is 12.3. The zero-order valence-corrected chi connectivity index (χ0v) is 16.0. The van der Waals surface area contributed by atoms with Crippen molar-refractivity contribution in [1.29, 1.82) is 0 Å². The second-order valence-electron chi connectivity index (χ2n) is 6.57. The number of amides is 1. The van der Waals surface area contributed by atoms with Crippen LogP contribution in [0.3, 0.4) is 0 Å². The number of ether oxygens (including phenoxy) is 2. The van der Waals surface area contributed by atoms with Gasteiger partial charge in [0, 0.05) is 24.8 Å². The first-order valence-corrected chi connectivity index (χ1v) is 8.93. The summed E-state index contributed by atoms with van der Waals surface area (Å²) in [4.78, 5) is 19.1. The van der Waals surface area contributed by atoms with E-state index in [4.69, 9.17) is 21.1 Å². The van der Waals surface area contributed by atoms with Crippen LogP contribution in [-0.2, 0) is 13.0 Å². The Bertz CT molecular complexity index is 1030. The molecule has 0 spiro atoms. The Morgan fingerprint density at radius 2 is 1.89 bits per heavy atom. The van der Waals surface area contributed by atoms with Gasteiger partial charge in [-0.05, 0) is 36.6 Å². The Balaban J connectivity index is 1.66. The van der Waals surface area contributed by atoms with Crippen molar-refractivity contribution in [2.45, 2.75) is 25.9 Å². The van der Waals surface area contributed by atoms with Gasteiger partial charge in [0.25, 0.3) is 5.91 Å². The zero-order chi connectivity index (χ0) is 19.1. The van der Waals surface area contributed by atoms with Crippen molar-refractivity contribution in [2.75, 3.05) is 14.2 Å². The van der Waals surface area contributed by atoms with Gasteiger partial charge in [0.1, 0.15) is 0 Å². The highest BCUT2D eigenvalue weighted by Gasteiger charge is 2.30. The Labute approximate surface area is 161 Å². The molecular weight excluding hydrogens is 368 g/mol. The predicted octanol–water partition coefficient (Wildman–Crippen LogP) is 2.99. The third-order valence-electron chi connectivity index (χ3n) is 4.86. The number of methoxy groups -OCH3 is 2. The number of rotatable bonds is 3. The summed E-state index contributed by atoms with van der Waals surface area (Å²) >= 11 is 5.95. The first kappa shape index (κ1) is 17.6. The van der Waals surface area contributed by atoms with Gasteiger partial charge in [0.05, 0.1) is 25.4 Å². The third kappa shape index (κ3) is 3.08. The summed E-state index contributed by atoms with van der Waals surface area (Å²) in [5.74, 6) is 1.22. The predicted molar refractivity (Wildman–Crippen MR) is 101 cm³/mol. The molecule has 3 heterocycles. The molecule has 0 saturated carbocycles. The lowest BCUT2D eigenvalue weighted by Crippen LogP contribution is -2.42. The number of hydrogen-bond acceptors (Lipinski definition) is 5. The summed E-state index contributed by atoms with van der Waals surface area (Å²) in [7, 11) is 3.23. The van der Waals surface area contributed by atoms with E-state index in [1.54, 1.807) is 26.5 Å². The first-order valence-electron chi connectivity index (χ1n) is 8.56. The number of carbonyl (C=O) groups excluding carboxylic acids is 1. The molecule has 8 heteroatoms. The number of halogens is 1. The van der Waals surface area contributed by atoms with Gasteiger partial charge in [-0.15, -0.1) is 0 Å². The van der Waals surface area contributed by atoms with Crippen molar-refractivity contribution in [2.24, 2.45) is 0 Å². The number of aromatic nitrogens is 3. The number of fused-ring (bicyclic) bond motifs is 2. The van der Waals surface area contributed by atoms with Crippen LogP contribution in [0.4, 0.5) is 0 Å². The van der Waals surface area contributed by atoms with Crippen molar-refractivity contribution in [3.8, 4) is 11.5 Å². The molecule has 1 aliphatic rings. The van der Waals surface area contributed by atoms with Crippen LogP contribution < -0.4 is 9.47 Å². The van der Waals surface area contributed by atoms with Crippen molar-refractivity contribution < 1.29 is 14.3 Å². The molecule has 7 nitrogen and oxygen atoms in total. The SMILES string of the molecule is COc1cc2c(cc1OC)CN(C(=O)c1cc3ncc(Cl)cn3n1)C(C)C2. The smallest absolute Gasteiger partial charge is 0.275 e. The topological polar surface area (TPSA) is 69.0 Å². The average Bonchev–Trinajstić information content (AvgIpc) is 3.09. The number of carbonyl (C=O) groups is 1. The Morgan fingerprint density at radius 3 is 2.59 bits per heavy atom. The van der Waals surface area contributed by atoms with E-state index in [9.17, 15) is 4.79 Å². The highest BCUT2D eigenvalue weighted by molar-refractivity contribution is 6.30. The highest BCUT2D eigenvalue weighted by atomic mass is 35.5. The van der Waals surface area contributed by atoms with E-state index in [1.807, 2.05) is 24.0 Å². The minimum absolute atomic E-state index is 0.0319. The van der Waals surface area contributed by atoms with Crippen LogP contribution in [0.1, 0.15) is 28.5 Å². The second kappa shape index (κ2) is 6.74. The molecule has 3 aromatic rings. The molecule has 140 valence electrons. The zero-order valence-electron chi connectivity index (χ0n) is 15.3. The molecule has 0 bridgehead atoms. The molecule has 2 aromatic heterocycles. The maximum absolute atomic E-state index is 13.1. The van der Waals surface area contributed by atoms with Crippen molar-refractivity contribution in [3.63, 3.8) is 0 Å². The fraction of sp³-hybridized carbons (Fsp3) is 0.316. The summed E-state index contributed by atoms with van der Waals surface area (Å²) in [6, 6.07) is 5.63. The van der Waals surface area contributed by atoms with E-state index in [2.05, 4.69) is 10.1 Å². The fourth-order valence-corrected chi connectivity index (χ4v) is 3.59. The van der Waals surface area contributed by atoms with Crippen molar-refractivity contribution in [3.05, 3.63) is 52.4 Å². The van der Waals surface area contributed by atoms with Gasteiger partial charge in [0.15, 0.2) is 22.8 Å². The van der Waals surface area contributed by atoms with Crippen LogP contribution in [0.15, 0.2) is 30.6 Å². The normalized spacial score (nSPS) is 16.3. The number of nitrogens with zero attached hydrogens (tertiary/aromatic N) is 4. The van der Waals surface area contributed by atoms with Crippen LogP contribution >= 0.6 is 11.6 Å². The van der Waals surface area contributed by atoms with Gasteiger partial charge in [-0.1, -0.05) is 11.6 Å². The molecule has 27 heavy (non-hydrogen) atoms. The van der Waals surface area contributed by atoms with Gasteiger partial charge >= 0.3 is 0 Å². The largest absolute Gasteiger partial charge is 0.493 e. The molecule has 0 N–H and O–H groups in total. The van der Waals surface area contributed by atoms with Crippen molar-refractivity contribution in [1.82, 2.24) is 19.5 Å². The Morgan fingerprint density at radius 1 is 1.19 bits per heavy atom. The van der Waals surface area contributed by atoms with Crippen LogP contribution in [0.25, 0.3) is 5.65 Å². The number of hydrogen-bond donors (Lipinski definition) is 0. The molecule has 1 unspecified atom stereocenters. The third-order valence-corrected chi connectivity index (χ3v) is 5.05. The van der Waals surface area contributed by atoms with Gasteiger partial charge in [-0.25, -0.2) is 9.50 Å². The average molecular weight is 387 g/mol. The van der Waals surface area contributed by atoms with Crippen LogP contribution in [0.5, 0.6) is 11.5 Å². The maximum atomic E-state index is 13.1. The summed E-state index contributed by atoms with van der Waals surface area (Å²) in [6.07, 6.45) is 3.90. The molecule has 4 rings (SSSR count). The van der Waals surface area contributed by atoms with Crippen molar-refractivity contribution >= 4 is 23.2 Å². The molecule has 0 radical (unpaired) electrons. The minimum atomic E-state index is -0.135. The monoisotopic (exact) mass is 386 g/mol. The first-order chi connectivity index (χ1) is 13.0. The van der Waals surface area contributed by atoms with Crippen LogP contribution in [0.2, 0.25) is 5.02 Å². The molecule has 0 saturated heterocycles. The molecule has 1 aliphatic heterocycles. The second-order valence-corrected chi connectivity index (χ2v) is 7.00. The fourth-order valence-electron chi connectivity index (χ4n) is 3.45. The summed E-state index contributed by atoms with van der Waals surface area (Å²) in [6.45, 7) is 2.51. The molecule has 1 amide bonds. The van der Waals surface area contributed by atoms with E-state index in [0.717, 1.165) is 17.5 Å². The van der Waals surface area contributed by atoms with E-state index >= 15 is 0 Å².